The molecule has 1 aromatic rings. The van der Waals surface area contributed by atoms with Crippen LogP contribution in [0.2, 0.25) is 0 Å². The highest BCUT2D eigenvalue weighted by atomic mass is 35.5. The summed E-state index contributed by atoms with van der Waals surface area (Å²) in [7, 11) is 0. The molecule has 5 atom stereocenters. The number of benzene rings is 1. The predicted octanol–water partition coefficient (Wildman–Crippen LogP) is 0.480. The fourth-order valence-electron chi connectivity index (χ4n) is 6.83. The van der Waals surface area contributed by atoms with E-state index in [0.717, 1.165) is 37.4 Å². The van der Waals surface area contributed by atoms with Crippen LogP contribution >= 0.6 is 12.4 Å². The normalized spacial score (nSPS) is 39.0. The first-order chi connectivity index (χ1) is 12.5. The van der Waals surface area contributed by atoms with Crippen LogP contribution in [-0.4, -0.2) is 68.1 Å². The molecule has 164 valence electrons. The number of aliphatic hydroxyl groups excluding tert-OH is 1. The molecule has 3 fully saturated rings. The molecule has 0 radical (unpaired) electrons. The number of rotatable bonds is 2. The lowest BCUT2D eigenvalue weighted by Crippen LogP contribution is -2.77. The number of phenols is 1. The Bertz CT molecular complexity index is 789. The Hall–Kier alpha value is -1.09. The zero-order valence-electron chi connectivity index (χ0n) is 16.4. The molecule has 2 bridgehead atoms. The van der Waals surface area contributed by atoms with Crippen molar-refractivity contribution in [1.82, 2.24) is 4.90 Å². The molecular formula is C21H32ClNO6. The molecule has 1 saturated heterocycles. The number of halogens is 1. The molecule has 5 aliphatic rings. The first-order valence-electron chi connectivity index (χ1n) is 10.2. The number of hydrogen-bond donors (Lipinski definition) is 3. The van der Waals surface area contributed by atoms with Gasteiger partial charge in [-0.1, -0.05) is 12.5 Å². The predicted molar refractivity (Wildman–Crippen MR) is 110 cm³/mol. The van der Waals surface area contributed by atoms with E-state index in [0.29, 0.717) is 18.6 Å². The maximum Gasteiger partial charge on any atom is 0.165 e. The van der Waals surface area contributed by atoms with Crippen LogP contribution in [0.4, 0.5) is 0 Å². The summed E-state index contributed by atoms with van der Waals surface area (Å²) >= 11 is 0. The van der Waals surface area contributed by atoms with E-state index in [-0.39, 0.29) is 35.2 Å². The van der Waals surface area contributed by atoms with Crippen LogP contribution in [0, 0.1) is 5.92 Å². The number of likely N-dealkylation sites (tertiary alicyclic amines) is 1. The highest BCUT2D eigenvalue weighted by molar-refractivity contribution is 5.85. The molecule has 0 aromatic heterocycles. The molecule has 3 aliphatic carbocycles. The standard InChI is InChI=1S/C21H27NO4.ClH.2H2O/c23-14-5-4-13-10-16-21(25)7-6-15(24)19-20(21,17(13)18(14)26-19)8-9-22(16)11-12-2-1-3-12;;;/h4-5,12,15-16,19,23-25H,1-3,6-11H2;1H;2*1H2/t15-,16+,19-,20-,21+;;;/m0.../s1. The van der Waals surface area contributed by atoms with Gasteiger partial charge in [0.1, 0.15) is 6.10 Å². The number of phenolic OH excluding ortho intramolecular Hbond substituents is 1. The Balaban J connectivity index is 0.000000801. The molecular weight excluding hydrogens is 398 g/mol. The van der Waals surface area contributed by atoms with Crippen molar-refractivity contribution in [3.63, 3.8) is 0 Å². The smallest absolute Gasteiger partial charge is 0.165 e. The van der Waals surface area contributed by atoms with E-state index in [4.69, 9.17) is 4.74 Å². The summed E-state index contributed by atoms with van der Waals surface area (Å²) in [6.45, 7) is 2.02. The molecule has 2 aliphatic heterocycles. The minimum atomic E-state index is -0.884. The Morgan fingerprint density at radius 3 is 2.59 bits per heavy atom. The third kappa shape index (κ3) is 2.55. The van der Waals surface area contributed by atoms with E-state index in [1.54, 1.807) is 6.07 Å². The van der Waals surface area contributed by atoms with Crippen LogP contribution < -0.4 is 4.74 Å². The number of piperidine rings is 1. The SMILES string of the molecule is Cl.O.O.Oc1ccc2c3c1O[C@H]1[C@@H](O)CC[C@@]4(O)[C@@H](C2)N(CC2CCC2)CC[C@]314. The summed E-state index contributed by atoms with van der Waals surface area (Å²) in [5.41, 5.74) is 0.712. The van der Waals surface area contributed by atoms with Crippen molar-refractivity contribution < 1.29 is 31.0 Å². The van der Waals surface area contributed by atoms with Crippen LogP contribution in [0.15, 0.2) is 12.1 Å². The molecule has 1 spiro atoms. The summed E-state index contributed by atoms with van der Waals surface area (Å²) in [6.07, 6.45) is 5.68. The van der Waals surface area contributed by atoms with Crippen LogP contribution in [0.3, 0.4) is 0 Å². The van der Waals surface area contributed by atoms with Crippen LogP contribution in [0.5, 0.6) is 11.5 Å². The van der Waals surface area contributed by atoms with Crippen molar-refractivity contribution in [3.8, 4) is 11.5 Å². The number of nitrogens with zero attached hydrogens (tertiary/aromatic N) is 1. The molecule has 7 nitrogen and oxygen atoms in total. The Morgan fingerprint density at radius 1 is 1.14 bits per heavy atom. The molecule has 6 rings (SSSR count). The van der Waals surface area contributed by atoms with Gasteiger partial charge in [-0.25, -0.2) is 0 Å². The van der Waals surface area contributed by atoms with Gasteiger partial charge in [0.15, 0.2) is 11.5 Å². The second kappa shape index (κ2) is 7.25. The van der Waals surface area contributed by atoms with Gasteiger partial charge in [0.05, 0.1) is 17.1 Å². The molecule has 0 amide bonds. The lowest BCUT2D eigenvalue weighted by atomic mass is 9.48. The molecule has 2 saturated carbocycles. The van der Waals surface area contributed by atoms with Crippen LogP contribution in [-0.2, 0) is 11.8 Å². The summed E-state index contributed by atoms with van der Waals surface area (Å²) in [6, 6.07) is 3.80. The number of aliphatic hydroxyl groups is 2. The lowest BCUT2D eigenvalue weighted by Gasteiger charge is -2.64. The van der Waals surface area contributed by atoms with Crippen molar-refractivity contribution in [2.24, 2.45) is 5.92 Å². The molecule has 7 N–H and O–H groups in total. The Kier molecular flexibility index (Phi) is 5.65. The van der Waals surface area contributed by atoms with Crippen LogP contribution in [0.1, 0.15) is 49.7 Å². The van der Waals surface area contributed by atoms with Crippen molar-refractivity contribution in [2.75, 3.05) is 13.1 Å². The summed E-state index contributed by atoms with van der Waals surface area (Å²) < 4.78 is 6.16. The van der Waals surface area contributed by atoms with Gasteiger partial charge in [0, 0.05) is 18.2 Å². The second-order valence-corrected chi connectivity index (χ2v) is 9.25. The average Bonchev–Trinajstić information content (AvgIpc) is 2.93. The maximum atomic E-state index is 12.1. The minimum Gasteiger partial charge on any atom is -0.504 e. The Labute approximate surface area is 176 Å². The van der Waals surface area contributed by atoms with Gasteiger partial charge in [-0.2, -0.15) is 0 Å². The fraction of sp³-hybridized carbons (Fsp3) is 0.714. The zero-order chi connectivity index (χ0) is 17.7. The molecule has 1 aromatic carbocycles. The number of hydrogen-bond acceptors (Lipinski definition) is 5. The first kappa shape index (κ1) is 22.6. The van der Waals surface area contributed by atoms with Gasteiger partial charge < -0.3 is 31.0 Å². The molecule has 8 heteroatoms. The van der Waals surface area contributed by atoms with Crippen molar-refractivity contribution >= 4 is 12.4 Å². The second-order valence-electron chi connectivity index (χ2n) is 9.25. The van der Waals surface area contributed by atoms with Gasteiger partial charge >= 0.3 is 0 Å². The van der Waals surface area contributed by atoms with Crippen LogP contribution in [0.25, 0.3) is 0 Å². The number of aromatic hydroxyl groups is 1. The Morgan fingerprint density at radius 2 is 1.90 bits per heavy atom. The van der Waals surface area contributed by atoms with E-state index in [2.05, 4.69) is 4.90 Å². The third-order valence-corrected chi connectivity index (χ3v) is 8.26. The van der Waals surface area contributed by atoms with Gasteiger partial charge in [-0.3, -0.25) is 4.90 Å². The minimum absolute atomic E-state index is 0. The fourth-order valence-corrected chi connectivity index (χ4v) is 6.83. The largest absolute Gasteiger partial charge is 0.504 e. The average molecular weight is 430 g/mol. The van der Waals surface area contributed by atoms with E-state index < -0.39 is 23.2 Å². The van der Waals surface area contributed by atoms with E-state index in [1.165, 1.54) is 24.8 Å². The molecule has 0 unspecified atom stereocenters. The third-order valence-electron chi connectivity index (χ3n) is 8.26. The summed E-state index contributed by atoms with van der Waals surface area (Å²) in [5.74, 6) is 1.42. The van der Waals surface area contributed by atoms with Crippen molar-refractivity contribution in [2.45, 2.75) is 74.2 Å². The van der Waals surface area contributed by atoms with Gasteiger partial charge in [0.2, 0.25) is 0 Å². The summed E-state index contributed by atoms with van der Waals surface area (Å²) in [4.78, 5) is 2.53. The van der Waals surface area contributed by atoms with Gasteiger partial charge in [0.25, 0.3) is 0 Å². The number of ether oxygens (including phenoxy) is 1. The zero-order valence-corrected chi connectivity index (χ0v) is 17.2. The molecule has 2 heterocycles. The van der Waals surface area contributed by atoms with Crippen molar-refractivity contribution in [3.05, 3.63) is 23.3 Å². The first-order valence-corrected chi connectivity index (χ1v) is 10.2. The van der Waals surface area contributed by atoms with Gasteiger partial charge in [-0.15, -0.1) is 12.4 Å². The lowest BCUT2D eigenvalue weighted by molar-refractivity contribution is -0.209. The van der Waals surface area contributed by atoms with E-state index in [1.807, 2.05) is 6.07 Å². The van der Waals surface area contributed by atoms with E-state index in [9.17, 15) is 15.3 Å². The monoisotopic (exact) mass is 429 g/mol. The maximum absolute atomic E-state index is 12.1. The summed E-state index contributed by atoms with van der Waals surface area (Å²) in [5, 5.41) is 33.2. The van der Waals surface area contributed by atoms with Crippen molar-refractivity contribution in [1.29, 1.82) is 0 Å². The van der Waals surface area contributed by atoms with Gasteiger partial charge in [-0.05, 0) is 62.6 Å². The molecule has 29 heavy (non-hydrogen) atoms. The quantitative estimate of drug-likeness (QED) is 0.628. The topological polar surface area (TPSA) is 136 Å². The highest BCUT2D eigenvalue weighted by Crippen LogP contribution is 2.65. The van der Waals surface area contributed by atoms with E-state index >= 15 is 0 Å². The highest BCUT2D eigenvalue weighted by Gasteiger charge is 2.72.